The lowest BCUT2D eigenvalue weighted by molar-refractivity contribution is 0.139. The Bertz CT molecular complexity index is 575. The molecule has 1 heterocycles. The molecule has 1 aromatic carbocycles. The minimum Gasteiger partial charge on any atom is -0.309 e. The van der Waals surface area contributed by atoms with Crippen LogP contribution in [0.4, 0.5) is 0 Å². The molecule has 0 amide bonds. The molecule has 1 unspecified atom stereocenters. The van der Waals surface area contributed by atoms with Gasteiger partial charge in [0.2, 0.25) is 0 Å². The van der Waals surface area contributed by atoms with Gasteiger partial charge in [-0.1, -0.05) is 19.1 Å². The summed E-state index contributed by atoms with van der Waals surface area (Å²) in [4.78, 5) is 6.67. The lowest BCUT2D eigenvalue weighted by Gasteiger charge is -2.41. The van der Waals surface area contributed by atoms with Gasteiger partial charge in [0.05, 0.1) is 11.6 Å². The Morgan fingerprint density at radius 1 is 1.25 bits per heavy atom. The standard InChI is InChI=1S/C17H25N3/c1-6-18-16(17(2,3)20(4)5)14-9-10-15-13(12-14)8-7-11-19-15/h7-12,16,18H,6H2,1-5H3. The SMILES string of the molecule is CCNC(c1ccc2ncccc2c1)C(C)(C)N(C)C. The van der Waals surface area contributed by atoms with E-state index in [0.717, 1.165) is 12.1 Å². The van der Waals surface area contributed by atoms with Gasteiger partial charge in [-0.3, -0.25) is 4.98 Å². The summed E-state index contributed by atoms with van der Waals surface area (Å²) in [5.41, 5.74) is 2.39. The third-order valence-electron chi connectivity index (χ3n) is 4.23. The molecule has 0 saturated carbocycles. The zero-order chi connectivity index (χ0) is 14.8. The molecular formula is C17H25N3. The van der Waals surface area contributed by atoms with Crippen molar-refractivity contribution in [2.75, 3.05) is 20.6 Å². The van der Waals surface area contributed by atoms with E-state index in [9.17, 15) is 0 Å². The van der Waals surface area contributed by atoms with Crippen LogP contribution in [0.25, 0.3) is 10.9 Å². The minimum atomic E-state index is 0.0336. The van der Waals surface area contributed by atoms with Crippen LogP contribution in [-0.2, 0) is 0 Å². The Kier molecular flexibility index (Phi) is 4.41. The largest absolute Gasteiger partial charge is 0.309 e. The molecule has 20 heavy (non-hydrogen) atoms. The maximum Gasteiger partial charge on any atom is 0.0702 e. The van der Waals surface area contributed by atoms with Gasteiger partial charge in [-0.15, -0.1) is 0 Å². The molecule has 0 aliphatic carbocycles. The van der Waals surface area contributed by atoms with Gasteiger partial charge in [0.15, 0.2) is 0 Å². The summed E-state index contributed by atoms with van der Waals surface area (Å²) in [7, 11) is 4.26. The first-order chi connectivity index (χ1) is 9.46. The Balaban J connectivity index is 2.46. The van der Waals surface area contributed by atoms with Crippen molar-refractivity contribution < 1.29 is 0 Å². The van der Waals surface area contributed by atoms with Gasteiger partial charge in [-0.2, -0.15) is 0 Å². The lowest BCUT2D eigenvalue weighted by atomic mass is 9.87. The van der Waals surface area contributed by atoms with Crippen molar-refractivity contribution in [2.24, 2.45) is 0 Å². The molecule has 0 aliphatic heterocycles. The molecule has 108 valence electrons. The van der Waals surface area contributed by atoms with Gasteiger partial charge >= 0.3 is 0 Å². The first kappa shape index (κ1) is 14.9. The number of nitrogens with one attached hydrogen (secondary N) is 1. The molecule has 1 atom stereocenters. The third-order valence-corrected chi connectivity index (χ3v) is 4.23. The summed E-state index contributed by atoms with van der Waals surface area (Å²) < 4.78 is 0. The first-order valence-corrected chi connectivity index (χ1v) is 7.22. The second-order valence-electron chi connectivity index (χ2n) is 5.99. The highest BCUT2D eigenvalue weighted by Crippen LogP contribution is 2.30. The van der Waals surface area contributed by atoms with E-state index in [0.29, 0.717) is 0 Å². The molecule has 0 fully saturated rings. The Hall–Kier alpha value is -1.45. The second kappa shape index (κ2) is 5.90. The Morgan fingerprint density at radius 3 is 2.65 bits per heavy atom. The number of benzene rings is 1. The Morgan fingerprint density at radius 2 is 2.00 bits per heavy atom. The fraction of sp³-hybridized carbons (Fsp3) is 0.471. The normalized spacial score (nSPS) is 13.9. The van der Waals surface area contributed by atoms with Gasteiger partial charge in [0, 0.05) is 17.1 Å². The zero-order valence-corrected chi connectivity index (χ0v) is 13.1. The molecule has 3 nitrogen and oxygen atoms in total. The zero-order valence-electron chi connectivity index (χ0n) is 13.1. The van der Waals surface area contributed by atoms with Crippen LogP contribution in [0.1, 0.15) is 32.4 Å². The van der Waals surface area contributed by atoms with E-state index in [1.165, 1.54) is 10.9 Å². The van der Waals surface area contributed by atoms with E-state index in [4.69, 9.17) is 0 Å². The predicted molar refractivity (Wildman–Crippen MR) is 85.9 cm³/mol. The Labute approximate surface area is 122 Å². The molecule has 1 N–H and O–H groups in total. The van der Waals surface area contributed by atoms with Crippen LogP contribution in [0.3, 0.4) is 0 Å². The molecule has 0 spiro atoms. The molecule has 2 aromatic rings. The highest BCUT2D eigenvalue weighted by atomic mass is 15.2. The molecule has 1 aromatic heterocycles. The van der Waals surface area contributed by atoms with E-state index in [-0.39, 0.29) is 11.6 Å². The van der Waals surface area contributed by atoms with E-state index in [1.54, 1.807) is 0 Å². The van der Waals surface area contributed by atoms with E-state index in [2.05, 4.69) is 74.3 Å². The highest BCUT2D eigenvalue weighted by Gasteiger charge is 2.32. The molecule has 3 heteroatoms. The fourth-order valence-corrected chi connectivity index (χ4v) is 2.51. The first-order valence-electron chi connectivity index (χ1n) is 7.22. The third kappa shape index (κ3) is 2.84. The predicted octanol–water partition coefficient (Wildman–Crippen LogP) is 3.23. The van der Waals surface area contributed by atoms with Crippen molar-refractivity contribution in [1.82, 2.24) is 15.2 Å². The number of aromatic nitrogens is 1. The van der Waals surface area contributed by atoms with Crippen molar-refractivity contribution in [2.45, 2.75) is 32.4 Å². The van der Waals surface area contributed by atoms with Crippen LogP contribution in [0.5, 0.6) is 0 Å². The molecule has 2 rings (SSSR count). The highest BCUT2D eigenvalue weighted by molar-refractivity contribution is 5.79. The topological polar surface area (TPSA) is 28.2 Å². The van der Waals surface area contributed by atoms with Crippen LogP contribution in [0, 0.1) is 0 Å². The van der Waals surface area contributed by atoms with Crippen LogP contribution < -0.4 is 5.32 Å². The lowest BCUT2D eigenvalue weighted by Crippen LogP contribution is -2.49. The van der Waals surface area contributed by atoms with Crippen molar-refractivity contribution in [3.63, 3.8) is 0 Å². The molecule has 0 radical (unpaired) electrons. The summed E-state index contributed by atoms with van der Waals surface area (Å²) in [5.74, 6) is 0. The van der Waals surface area contributed by atoms with Crippen molar-refractivity contribution in [3.05, 3.63) is 42.1 Å². The molecule has 0 aliphatic rings. The fourth-order valence-electron chi connectivity index (χ4n) is 2.51. The number of hydrogen-bond acceptors (Lipinski definition) is 3. The second-order valence-corrected chi connectivity index (χ2v) is 5.99. The smallest absolute Gasteiger partial charge is 0.0702 e. The summed E-state index contributed by atoms with van der Waals surface area (Å²) >= 11 is 0. The van der Waals surface area contributed by atoms with Gasteiger partial charge in [0.25, 0.3) is 0 Å². The summed E-state index contributed by atoms with van der Waals surface area (Å²) in [6.07, 6.45) is 1.84. The van der Waals surface area contributed by atoms with Gasteiger partial charge in [-0.05, 0) is 58.3 Å². The van der Waals surface area contributed by atoms with Crippen LogP contribution >= 0.6 is 0 Å². The van der Waals surface area contributed by atoms with Crippen molar-refractivity contribution in [1.29, 1.82) is 0 Å². The minimum absolute atomic E-state index is 0.0336. The quantitative estimate of drug-likeness (QED) is 0.905. The van der Waals surface area contributed by atoms with Crippen molar-refractivity contribution in [3.8, 4) is 0 Å². The van der Waals surface area contributed by atoms with Crippen LogP contribution in [0.15, 0.2) is 36.5 Å². The monoisotopic (exact) mass is 271 g/mol. The number of hydrogen-bond donors (Lipinski definition) is 1. The van der Waals surface area contributed by atoms with Gasteiger partial charge in [-0.25, -0.2) is 0 Å². The van der Waals surface area contributed by atoms with Crippen molar-refractivity contribution >= 4 is 10.9 Å². The number of pyridine rings is 1. The number of rotatable bonds is 5. The number of likely N-dealkylation sites (N-methyl/N-ethyl adjacent to an activating group) is 2. The summed E-state index contributed by atoms with van der Waals surface area (Å²) in [6.45, 7) is 7.65. The van der Waals surface area contributed by atoms with E-state index in [1.807, 2.05) is 12.3 Å². The molecule has 0 saturated heterocycles. The maximum absolute atomic E-state index is 4.39. The molecular weight excluding hydrogens is 246 g/mol. The van der Waals surface area contributed by atoms with E-state index >= 15 is 0 Å². The van der Waals surface area contributed by atoms with Crippen LogP contribution in [0.2, 0.25) is 0 Å². The number of nitrogens with zero attached hydrogens (tertiary/aromatic N) is 2. The number of fused-ring (bicyclic) bond motifs is 1. The van der Waals surface area contributed by atoms with Crippen LogP contribution in [-0.4, -0.2) is 36.1 Å². The average molecular weight is 271 g/mol. The van der Waals surface area contributed by atoms with Gasteiger partial charge in [0.1, 0.15) is 0 Å². The van der Waals surface area contributed by atoms with E-state index < -0.39 is 0 Å². The maximum atomic E-state index is 4.39. The summed E-state index contributed by atoms with van der Waals surface area (Å²) in [5, 5.41) is 4.82. The van der Waals surface area contributed by atoms with Gasteiger partial charge < -0.3 is 10.2 Å². The average Bonchev–Trinajstić information content (AvgIpc) is 2.44. The molecule has 0 bridgehead atoms. The summed E-state index contributed by atoms with van der Waals surface area (Å²) in [6, 6.07) is 10.9.